The molecule has 2 amide bonds. The lowest BCUT2D eigenvalue weighted by atomic mass is 9.89. The highest BCUT2D eigenvalue weighted by atomic mass is 16.2. The number of imide groups is 1. The Morgan fingerprint density at radius 1 is 1.11 bits per heavy atom. The van der Waals surface area contributed by atoms with Crippen molar-refractivity contribution in [3.8, 4) is 0 Å². The predicted octanol–water partition coefficient (Wildman–Crippen LogP) is 2.79. The van der Waals surface area contributed by atoms with Crippen LogP contribution in [0.4, 0.5) is 0 Å². The fraction of sp³-hybridized carbons (Fsp3) is 0.625. The Labute approximate surface area is 115 Å². The molecule has 1 saturated carbocycles. The number of nitrogens with zero attached hydrogens (tertiary/aromatic N) is 1. The molecule has 0 N–H and O–H groups in total. The van der Waals surface area contributed by atoms with E-state index in [1.807, 2.05) is 12.2 Å². The minimum atomic E-state index is -0.186. The maximum Gasteiger partial charge on any atom is 0.233 e. The Balaban J connectivity index is 2.16. The average molecular weight is 261 g/mol. The van der Waals surface area contributed by atoms with E-state index in [2.05, 4.69) is 20.1 Å². The Morgan fingerprint density at radius 2 is 1.63 bits per heavy atom. The Hall–Kier alpha value is -1.38. The van der Waals surface area contributed by atoms with Gasteiger partial charge in [-0.05, 0) is 24.7 Å². The number of rotatable bonds is 6. The standard InChI is InChI=1S/C16H23NO2/c1-4-7-8-9-17-15(18)13-11(5-2)10-12(6-3)14(13)16(17)19/h5-6,11-14H,2-4,7-10H2,1H3. The first kappa shape index (κ1) is 14.0. The quantitative estimate of drug-likeness (QED) is 0.419. The second-order valence-corrected chi connectivity index (χ2v) is 5.62. The van der Waals surface area contributed by atoms with Crippen molar-refractivity contribution in [3.05, 3.63) is 25.3 Å². The molecule has 0 radical (unpaired) electrons. The summed E-state index contributed by atoms with van der Waals surface area (Å²) in [6, 6.07) is 0. The smallest absolute Gasteiger partial charge is 0.233 e. The Kier molecular flexibility index (Phi) is 4.23. The van der Waals surface area contributed by atoms with E-state index in [0.717, 1.165) is 25.7 Å². The number of unbranched alkanes of at least 4 members (excludes halogenated alkanes) is 2. The number of fused-ring (bicyclic) bond motifs is 1. The van der Waals surface area contributed by atoms with Crippen LogP contribution in [0.5, 0.6) is 0 Å². The molecular weight excluding hydrogens is 238 g/mol. The summed E-state index contributed by atoms with van der Waals surface area (Å²) in [5, 5.41) is 0. The Morgan fingerprint density at radius 3 is 2.05 bits per heavy atom. The number of allylic oxidation sites excluding steroid dienone is 2. The number of amides is 2. The van der Waals surface area contributed by atoms with Gasteiger partial charge in [-0.2, -0.15) is 0 Å². The molecular formula is C16H23NO2. The fourth-order valence-electron chi connectivity index (χ4n) is 3.51. The van der Waals surface area contributed by atoms with Crippen LogP contribution in [-0.4, -0.2) is 23.3 Å². The van der Waals surface area contributed by atoms with Gasteiger partial charge in [0.1, 0.15) is 0 Å². The van der Waals surface area contributed by atoms with E-state index in [1.54, 1.807) is 0 Å². The van der Waals surface area contributed by atoms with Crippen LogP contribution in [0.2, 0.25) is 0 Å². The summed E-state index contributed by atoms with van der Waals surface area (Å²) in [5.74, 6) is -0.0915. The number of hydrogen-bond acceptors (Lipinski definition) is 2. The molecule has 2 fully saturated rings. The number of carbonyl (C=O) groups is 2. The van der Waals surface area contributed by atoms with Crippen molar-refractivity contribution >= 4 is 11.8 Å². The van der Waals surface area contributed by atoms with Crippen LogP contribution in [0, 0.1) is 23.7 Å². The zero-order valence-electron chi connectivity index (χ0n) is 11.7. The molecule has 2 rings (SSSR count). The summed E-state index contributed by atoms with van der Waals surface area (Å²) >= 11 is 0. The number of likely N-dealkylation sites (tertiary alicyclic amines) is 1. The molecule has 3 nitrogen and oxygen atoms in total. The molecule has 4 unspecified atom stereocenters. The monoisotopic (exact) mass is 261 g/mol. The van der Waals surface area contributed by atoms with Crippen molar-refractivity contribution < 1.29 is 9.59 Å². The maximum atomic E-state index is 12.4. The molecule has 1 aliphatic heterocycles. The van der Waals surface area contributed by atoms with Gasteiger partial charge in [-0.1, -0.05) is 31.9 Å². The third kappa shape index (κ3) is 2.26. The lowest BCUT2D eigenvalue weighted by molar-refractivity contribution is -0.140. The van der Waals surface area contributed by atoms with Gasteiger partial charge in [-0.25, -0.2) is 0 Å². The summed E-state index contributed by atoms with van der Waals surface area (Å²) in [5.41, 5.74) is 0. The molecule has 0 aromatic heterocycles. The topological polar surface area (TPSA) is 37.4 Å². The van der Waals surface area contributed by atoms with Crippen LogP contribution in [0.3, 0.4) is 0 Å². The van der Waals surface area contributed by atoms with Crippen LogP contribution in [-0.2, 0) is 9.59 Å². The summed E-state index contributed by atoms with van der Waals surface area (Å²) in [6.07, 6.45) is 7.56. The van der Waals surface area contributed by atoms with Gasteiger partial charge in [-0.3, -0.25) is 14.5 Å². The third-order valence-electron chi connectivity index (χ3n) is 4.55. The summed E-state index contributed by atoms with van der Waals surface area (Å²) < 4.78 is 0. The fourth-order valence-corrected chi connectivity index (χ4v) is 3.51. The van der Waals surface area contributed by atoms with Gasteiger partial charge in [0.2, 0.25) is 11.8 Å². The first-order valence-corrected chi connectivity index (χ1v) is 7.26. The van der Waals surface area contributed by atoms with Crippen molar-refractivity contribution in [1.29, 1.82) is 0 Å². The molecule has 0 aromatic carbocycles. The predicted molar refractivity (Wildman–Crippen MR) is 75.2 cm³/mol. The van der Waals surface area contributed by atoms with E-state index in [-0.39, 0.29) is 35.5 Å². The molecule has 0 bridgehead atoms. The molecule has 104 valence electrons. The number of hydrogen-bond donors (Lipinski definition) is 0. The van der Waals surface area contributed by atoms with Crippen LogP contribution in [0.1, 0.15) is 32.6 Å². The van der Waals surface area contributed by atoms with Gasteiger partial charge in [0, 0.05) is 6.54 Å². The highest BCUT2D eigenvalue weighted by Crippen LogP contribution is 2.48. The van der Waals surface area contributed by atoms with Gasteiger partial charge >= 0.3 is 0 Å². The zero-order valence-corrected chi connectivity index (χ0v) is 11.7. The van der Waals surface area contributed by atoms with Gasteiger partial charge in [0.25, 0.3) is 0 Å². The van der Waals surface area contributed by atoms with Crippen LogP contribution in [0.15, 0.2) is 25.3 Å². The van der Waals surface area contributed by atoms with E-state index in [4.69, 9.17) is 0 Å². The van der Waals surface area contributed by atoms with Crippen molar-refractivity contribution in [2.45, 2.75) is 32.6 Å². The van der Waals surface area contributed by atoms with E-state index in [9.17, 15) is 9.59 Å². The molecule has 1 saturated heterocycles. The summed E-state index contributed by atoms with van der Waals surface area (Å²) in [7, 11) is 0. The van der Waals surface area contributed by atoms with Gasteiger partial charge in [0.15, 0.2) is 0 Å². The van der Waals surface area contributed by atoms with Crippen molar-refractivity contribution in [2.75, 3.05) is 6.54 Å². The van der Waals surface area contributed by atoms with Gasteiger partial charge in [0.05, 0.1) is 11.8 Å². The molecule has 1 aliphatic carbocycles. The molecule has 19 heavy (non-hydrogen) atoms. The minimum absolute atomic E-state index is 0.0142. The van der Waals surface area contributed by atoms with Crippen molar-refractivity contribution in [2.24, 2.45) is 23.7 Å². The maximum absolute atomic E-state index is 12.4. The Bertz CT molecular complexity index is 370. The largest absolute Gasteiger partial charge is 0.282 e. The zero-order chi connectivity index (χ0) is 14.0. The average Bonchev–Trinajstić information content (AvgIpc) is 2.90. The van der Waals surface area contributed by atoms with Crippen LogP contribution >= 0.6 is 0 Å². The van der Waals surface area contributed by atoms with E-state index < -0.39 is 0 Å². The van der Waals surface area contributed by atoms with E-state index >= 15 is 0 Å². The minimum Gasteiger partial charge on any atom is -0.282 e. The normalized spacial score (nSPS) is 33.6. The SMILES string of the molecule is C=CC1CC(C=C)C2C(=O)N(CCCCC)C(=O)C12. The van der Waals surface area contributed by atoms with Gasteiger partial charge < -0.3 is 0 Å². The van der Waals surface area contributed by atoms with Crippen LogP contribution < -0.4 is 0 Å². The van der Waals surface area contributed by atoms with E-state index in [1.165, 1.54) is 4.90 Å². The first-order chi connectivity index (χ1) is 9.15. The lowest BCUT2D eigenvalue weighted by Gasteiger charge is -2.18. The highest BCUT2D eigenvalue weighted by molar-refractivity contribution is 6.06. The molecule has 1 heterocycles. The molecule has 0 aromatic rings. The highest BCUT2D eigenvalue weighted by Gasteiger charge is 2.56. The second-order valence-electron chi connectivity index (χ2n) is 5.62. The summed E-state index contributed by atoms with van der Waals surface area (Å²) in [4.78, 5) is 26.4. The molecule has 0 spiro atoms. The lowest BCUT2D eigenvalue weighted by Crippen LogP contribution is -2.34. The molecule has 2 aliphatic rings. The molecule has 3 heteroatoms. The second kappa shape index (κ2) is 5.72. The van der Waals surface area contributed by atoms with Crippen molar-refractivity contribution in [3.63, 3.8) is 0 Å². The van der Waals surface area contributed by atoms with Gasteiger partial charge in [-0.15, -0.1) is 13.2 Å². The molecule has 4 atom stereocenters. The third-order valence-corrected chi connectivity index (χ3v) is 4.55. The summed E-state index contributed by atoms with van der Waals surface area (Å²) in [6.45, 7) is 10.3. The van der Waals surface area contributed by atoms with Crippen LogP contribution in [0.25, 0.3) is 0 Å². The van der Waals surface area contributed by atoms with E-state index in [0.29, 0.717) is 6.54 Å². The number of carbonyl (C=O) groups excluding carboxylic acids is 2. The first-order valence-electron chi connectivity index (χ1n) is 7.26. The van der Waals surface area contributed by atoms with Crippen molar-refractivity contribution in [1.82, 2.24) is 4.90 Å².